The van der Waals surface area contributed by atoms with Crippen molar-refractivity contribution < 1.29 is 245 Å². The Hall–Kier alpha value is 6.77. The summed E-state index contributed by atoms with van der Waals surface area (Å²) in [6.07, 6.45) is 0. The van der Waals surface area contributed by atoms with Crippen LogP contribution in [0.15, 0.2) is 0 Å². The van der Waals surface area contributed by atoms with E-state index in [0.717, 1.165) is 0 Å². The van der Waals surface area contributed by atoms with Crippen LogP contribution in [0.5, 0.6) is 0 Å². The molecule has 0 aromatic carbocycles. The van der Waals surface area contributed by atoms with Gasteiger partial charge in [-0.05, 0) is 0 Å². The fourth-order valence-electron chi connectivity index (χ4n) is 0.373. The van der Waals surface area contributed by atoms with Crippen molar-refractivity contribution in [3.63, 3.8) is 0 Å². The van der Waals surface area contributed by atoms with Crippen LogP contribution < -0.4 is 225 Å². The summed E-state index contributed by atoms with van der Waals surface area (Å²) in [6.45, 7) is -1.49. The third kappa shape index (κ3) is 18.8. The topological polar surface area (TPSA) is 178 Å². The van der Waals surface area contributed by atoms with E-state index in [-0.39, 0.29) is 211 Å². The SMILES string of the molecule is O.O=P([O-])([O-])C(CO)P(=O)([O-])[O-].[K+].[K+].[K+].[K+]. The summed E-state index contributed by atoms with van der Waals surface area (Å²) < 4.78 is 19.9. The maximum absolute atomic E-state index is 9.95. The van der Waals surface area contributed by atoms with Crippen molar-refractivity contribution in [1.82, 2.24) is 0 Å². The minimum atomic E-state index is -5.54. The maximum Gasteiger partial charge on any atom is 1.00 e. The van der Waals surface area contributed by atoms with Crippen LogP contribution in [0.2, 0.25) is 0 Å². The molecule has 0 spiro atoms. The second kappa shape index (κ2) is 18.1. The van der Waals surface area contributed by atoms with E-state index in [1.807, 2.05) is 0 Å². The van der Waals surface area contributed by atoms with E-state index < -0.39 is 27.2 Å². The van der Waals surface area contributed by atoms with Crippen molar-refractivity contribution in [2.24, 2.45) is 0 Å². The average molecular weight is 376 g/mol. The molecule has 3 N–H and O–H groups in total. The smallest absolute Gasteiger partial charge is 0.810 e. The van der Waals surface area contributed by atoms with Crippen molar-refractivity contribution in [2.75, 3.05) is 6.61 Å². The van der Waals surface area contributed by atoms with Gasteiger partial charge in [-0.15, -0.1) is 0 Å². The van der Waals surface area contributed by atoms with Crippen molar-refractivity contribution in [3.8, 4) is 0 Å². The Morgan fingerprint density at radius 3 is 1.06 bits per heavy atom. The molecule has 0 radical (unpaired) electrons. The Morgan fingerprint density at radius 2 is 1.06 bits per heavy atom. The van der Waals surface area contributed by atoms with E-state index >= 15 is 0 Å². The first-order valence-electron chi connectivity index (χ1n) is 2.34. The van der Waals surface area contributed by atoms with Gasteiger partial charge < -0.3 is 39.3 Å². The fourth-order valence-corrected chi connectivity index (χ4v) is 2.16. The molecule has 76 valence electrons. The van der Waals surface area contributed by atoms with E-state index in [4.69, 9.17) is 5.11 Å². The predicted octanol–water partition coefficient (Wildman–Crippen LogP) is -16.7. The summed E-state index contributed by atoms with van der Waals surface area (Å²) in [4.78, 5) is 39.8. The Bertz CT molecular complexity index is 202. The zero-order valence-corrected chi connectivity index (χ0v) is 23.9. The van der Waals surface area contributed by atoms with E-state index in [1.165, 1.54) is 0 Å². The molecule has 0 aliphatic heterocycles. The van der Waals surface area contributed by atoms with Gasteiger partial charge in [-0.3, -0.25) is 0 Å². The summed E-state index contributed by atoms with van der Waals surface area (Å²) in [5.74, 6) is 0. The second-order valence-corrected chi connectivity index (χ2v) is 5.56. The molecule has 0 amide bonds. The minimum Gasteiger partial charge on any atom is -0.810 e. The number of hydrogen-bond donors (Lipinski definition) is 1. The fraction of sp³-hybridized carbons (Fsp3) is 1.00. The van der Waals surface area contributed by atoms with Crippen LogP contribution in [0, 0.1) is 0 Å². The monoisotopic (exact) mass is 376 g/mol. The molecule has 0 aliphatic rings. The van der Waals surface area contributed by atoms with Gasteiger partial charge in [-0.1, -0.05) is 15.2 Å². The summed E-state index contributed by atoms with van der Waals surface area (Å²) in [7, 11) is -11.1. The average Bonchev–Trinajstić information content (AvgIpc) is 1.56. The second-order valence-electron chi connectivity index (χ2n) is 1.74. The van der Waals surface area contributed by atoms with Crippen LogP contribution in [-0.4, -0.2) is 22.6 Å². The first kappa shape index (κ1) is 38.4. The van der Waals surface area contributed by atoms with Gasteiger partial charge in [-0.25, -0.2) is 0 Å². The predicted molar refractivity (Wildman–Crippen MR) is 29.7 cm³/mol. The molecule has 0 unspecified atom stereocenters. The zero-order valence-electron chi connectivity index (χ0n) is 9.58. The Balaban J connectivity index is -0.0000000500. The van der Waals surface area contributed by atoms with E-state index in [0.29, 0.717) is 0 Å². The van der Waals surface area contributed by atoms with Crippen LogP contribution >= 0.6 is 15.2 Å². The van der Waals surface area contributed by atoms with Gasteiger partial charge in [0.1, 0.15) is 0 Å². The van der Waals surface area contributed by atoms with Crippen LogP contribution in [0.1, 0.15) is 0 Å². The minimum absolute atomic E-state index is 0. The molecule has 0 heterocycles. The van der Waals surface area contributed by atoms with Gasteiger partial charge in [-0.2, -0.15) is 0 Å². The molecule has 0 fully saturated rings. The molecule has 0 bridgehead atoms. The Kier molecular flexibility index (Phi) is 43.4. The molecule has 0 saturated carbocycles. The molecule has 0 aromatic heterocycles. The largest absolute Gasteiger partial charge is 1.00 e. The van der Waals surface area contributed by atoms with Gasteiger partial charge >= 0.3 is 206 Å². The summed E-state index contributed by atoms with van der Waals surface area (Å²) in [6, 6.07) is 0. The molecule has 8 nitrogen and oxygen atoms in total. The van der Waals surface area contributed by atoms with Crippen LogP contribution in [-0.2, 0) is 9.13 Å². The summed E-state index contributed by atoms with van der Waals surface area (Å²) in [5.41, 5.74) is 0. The number of aliphatic hydroxyl groups is 1. The van der Waals surface area contributed by atoms with Gasteiger partial charge in [0.2, 0.25) is 0 Å². The van der Waals surface area contributed by atoms with Crippen LogP contribution in [0.3, 0.4) is 0 Å². The molecular weight excluding hydrogens is 370 g/mol. The quantitative estimate of drug-likeness (QED) is 0.375. The summed E-state index contributed by atoms with van der Waals surface area (Å²) in [5, 5.41) is 5.31. The van der Waals surface area contributed by atoms with Gasteiger partial charge in [0.05, 0.1) is 6.61 Å². The van der Waals surface area contributed by atoms with E-state index in [2.05, 4.69) is 0 Å². The molecular formula is C2H6K4O8P2. The Labute approximate surface area is 263 Å². The number of aliphatic hydroxyl groups excluding tert-OH is 1. The zero-order chi connectivity index (χ0) is 9.28. The molecule has 0 aliphatic carbocycles. The third-order valence-corrected chi connectivity index (χ3v) is 4.38. The Morgan fingerprint density at radius 1 is 0.875 bits per heavy atom. The van der Waals surface area contributed by atoms with Crippen LogP contribution in [0.25, 0.3) is 0 Å². The van der Waals surface area contributed by atoms with Gasteiger partial charge in [0.25, 0.3) is 0 Å². The molecule has 0 rings (SSSR count). The first-order valence-corrected chi connectivity index (χ1v) is 5.56. The van der Waals surface area contributed by atoms with Crippen molar-refractivity contribution in [2.45, 2.75) is 5.40 Å². The van der Waals surface area contributed by atoms with Crippen LogP contribution in [0.4, 0.5) is 0 Å². The number of rotatable bonds is 3. The van der Waals surface area contributed by atoms with E-state index in [9.17, 15) is 28.7 Å². The maximum atomic E-state index is 9.95. The number of hydrogen-bond acceptors (Lipinski definition) is 7. The van der Waals surface area contributed by atoms with Gasteiger partial charge in [0, 0.05) is 5.40 Å². The van der Waals surface area contributed by atoms with Gasteiger partial charge in [0.15, 0.2) is 0 Å². The molecule has 0 saturated heterocycles. The van der Waals surface area contributed by atoms with E-state index in [1.54, 1.807) is 0 Å². The molecule has 0 aromatic rings. The molecule has 16 heavy (non-hydrogen) atoms. The third-order valence-electron chi connectivity index (χ3n) is 0.893. The van der Waals surface area contributed by atoms with Crippen molar-refractivity contribution in [1.29, 1.82) is 0 Å². The first-order chi connectivity index (χ1) is 4.69. The molecule has 14 heteroatoms. The van der Waals surface area contributed by atoms with Crippen molar-refractivity contribution in [3.05, 3.63) is 0 Å². The van der Waals surface area contributed by atoms with Crippen molar-refractivity contribution >= 4 is 15.2 Å². The molecule has 0 atom stereocenters. The normalized spacial score (nSPS) is 9.62. The summed E-state index contributed by atoms with van der Waals surface area (Å²) >= 11 is 0. The standard InChI is InChI=1S/C2H8O7P2.4K.H2O/c3-1-2(10(4,5)6)11(7,8)9;;;;;/h2-3H,1H2,(H2,4,5,6)(H2,7,8,9);;;;;1H2/q;4*+1;/p-4.